The summed E-state index contributed by atoms with van der Waals surface area (Å²) >= 11 is 0. The Kier molecular flexibility index (Phi) is 5.81. The molecule has 0 aliphatic carbocycles. The first-order valence-corrected chi connectivity index (χ1v) is 9.56. The van der Waals surface area contributed by atoms with E-state index in [1.165, 1.54) is 11.1 Å². The van der Waals surface area contributed by atoms with Gasteiger partial charge in [0.2, 0.25) is 5.91 Å². The number of amides is 1. The highest BCUT2D eigenvalue weighted by Crippen LogP contribution is 2.25. The fourth-order valence-corrected chi connectivity index (χ4v) is 3.56. The number of ether oxygens (including phenoxy) is 2. The first kappa shape index (κ1) is 18.2. The number of carbonyl (C=O) groups is 1. The van der Waals surface area contributed by atoms with E-state index in [4.69, 9.17) is 14.6 Å². The van der Waals surface area contributed by atoms with Crippen LogP contribution in [0.1, 0.15) is 22.9 Å². The second-order valence-electron chi connectivity index (χ2n) is 7.02. The predicted octanol–water partition coefficient (Wildman–Crippen LogP) is 0.994. The number of hydrogen-bond donors (Lipinski definition) is 1. The molecule has 0 unspecified atom stereocenters. The number of fused-ring (bicyclic) bond motifs is 1. The second kappa shape index (κ2) is 8.65. The van der Waals surface area contributed by atoms with Crippen molar-refractivity contribution in [1.82, 2.24) is 20.0 Å². The van der Waals surface area contributed by atoms with Crippen LogP contribution in [0.15, 0.2) is 36.5 Å². The molecule has 0 bridgehead atoms. The normalized spacial score (nSPS) is 20.2. The molecule has 4 rings (SSSR count). The molecule has 7 nitrogen and oxygen atoms in total. The summed E-state index contributed by atoms with van der Waals surface area (Å²) in [5.41, 5.74) is 3.38. The van der Waals surface area contributed by atoms with Crippen LogP contribution in [0.2, 0.25) is 0 Å². The first-order chi connectivity index (χ1) is 13.3. The van der Waals surface area contributed by atoms with E-state index in [0.29, 0.717) is 32.9 Å². The molecule has 2 aliphatic heterocycles. The Morgan fingerprint density at radius 2 is 2.00 bits per heavy atom. The van der Waals surface area contributed by atoms with Crippen LogP contribution >= 0.6 is 0 Å². The van der Waals surface area contributed by atoms with Crippen molar-refractivity contribution in [2.75, 3.05) is 46.0 Å². The summed E-state index contributed by atoms with van der Waals surface area (Å²) in [6.07, 6.45) is 2.79. The molecule has 1 amide bonds. The smallest absolute Gasteiger partial charge is 0.234 e. The average molecular weight is 370 g/mol. The van der Waals surface area contributed by atoms with E-state index in [-0.39, 0.29) is 12.0 Å². The van der Waals surface area contributed by atoms with Gasteiger partial charge in [0.25, 0.3) is 0 Å². The van der Waals surface area contributed by atoms with Crippen LogP contribution in [0.25, 0.3) is 0 Å². The summed E-state index contributed by atoms with van der Waals surface area (Å²) in [7, 11) is 0. The van der Waals surface area contributed by atoms with Crippen LogP contribution in [-0.4, -0.2) is 66.6 Å². The summed E-state index contributed by atoms with van der Waals surface area (Å²) in [5.74, 6) is 0.0244. The van der Waals surface area contributed by atoms with E-state index in [1.807, 2.05) is 22.9 Å². The lowest BCUT2D eigenvalue weighted by Gasteiger charge is -2.26. The van der Waals surface area contributed by atoms with E-state index in [1.54, 1.807) is 0 Å². The number of aromatic nitrogens is 2. The van der Waals surface area contributed by atoms with Crippen molar-refractivity contribution in [3.8, 4) is 0 Å². The van der Waals surface area contributed by atoms with Gasteiger partial charge >= 0.3 is 0 Å². The molecule has 2 aromatic rings. The van der Waals surface area contributed by atoms with E-state index >= 15 is 0 Å². The van der Waals surface area contributed by atoms with Gasteiger partial charge < -0.3 is 14.8 Å². The molecule has 3 heterocycles. The third kappa shape index (κ3) is 4.74. The van der Waals surface area contributed by atoms with E-state index < -0.39 is 0 Å². The molecule has 0 radical (unpaired) electrons. The summed E-state index contributed by atoms with van der Waals surface area (Å²) < 4.78 is 13.2. The largest absolute Gasteiger partial charge is 0.379 e. The highest BCUT2D eigenvalue weighted by atomic mass is 16.5. The van der Waals surface area contributed by atoms with Gasteiger partial charge in [-0.3, -0.25) is 14.4 Å². The van der Waals surface area contributed by atoms with Crippen molar-refractivity contribution in [1.29, 1.82) is 0 Å². The molecule has 1 N–H and O–H groups in total. The van der Waals surface area contributed by atoms with Gasteiger partial charge in [-0.25, -0.2) is 0 Å². The molecule has 1 atom stereocenters. The van der Waals surface area contributed by atoms with Crippen LogP contribution in [-0.2, 0) is 27.2 Å². The maximum atomic E-state index is 12.2. The highest BCUT2D eigenvalue weighted by molar-refractivity contribution is 5.78. The van der Waals surface area contributed by atoms with Crippen molar-refractivity contribution in [3.63, 3.8) is 0 Å². The lowest BCUT2D eigenvalue weighted by molar-refractivity contribution is -0.124. The zero-order chi connectivity index (χ0) is 18.5. The zero-order valence-electron chi connectivity index (χ0n) is 15.5. The molecular formula is C20H26N4O3. The molecule has 7 heteroatoms. The van der Waals surface area contributed by atoms with Gasteiger partial charge in [-0.15, -0.1) is 0 Å². The number of nitrogens with zero attached hydrogens (tertiary/aromatic N) is 3. The Hall–Kier alpha value is -2.22. The Labute approximate surface area is 159 Å². The topological polar surface area (TPSA) is 68.6 Å². The number of benzene rings is 1. The number of carbonyl (C=O) groups excluding carboxylic acids is 1. The Morgan fingerprint density at radius 1 is 1.19 bits per heavy atom. The lowest BCUT2D eigenvalue weighted by Crippen LogP contribution is -2.44. The lowest BCUT2D eigenvalue weighted by atomic mass is 10.1. The van der Waals surface area contributed by atoms with Crippen LogP contribution in [0.4, 0.5) is 0 Å². The van der Waals surface area contributed by atoms with Crippen molar-refractivity contribution in [3.05, 3.63) is 53.3 Å². The van der Waals surface area contributed by atoms with Crippen molar-refractivity contribution in [2.45, 2.75) is 19.1 Å². The molecule has 27 heavy (non-hydrogen) atoms. The molecule has 1 aromatic heterocycles. The minimum atomic E-state index is -0.181. The number of hydrogen-bond acceptors (Lipinski definition) is 5. The minimum absolute atomic E-state index is 0.0244. The molecule has 1 aromatic carbocycles. The van der Waals surface area contributed by atoms with Crippen LogP contribution < -0.4 is 5.32 Å². The standard InChI is InChI=1S/C20H26N4O3/c25-19(15-23-7-10-26-11-8-23)21-12-18-20-17(6-9-27-18)14-24(22-20)13-16-4-2-1-3-5-16/h1-5,14,18H,6-13,15H2,(H,21,25)/t18-/m1/s1. The summed E-state index contributed by atoms with van der Waals surface area (Å²) in [6, 6.07) is 10.3. The van der Waals surface area contributed by atoms with Gasteiger partial charge in [-0.1, -0.05) is 30.3 Å². The van der Waals surface area contributed by atoms with E-state index in [9.17, 15) is 4.79 Å². The van der Waals surface area contributed by atoms with Gasteiger partial charge in [0.1, 0.15) is 6.10 Å². The van der Waals surface area contributed by atoms with Crippen LogP contribution in [0.3, 0.4) is 0 Å². The average Bonchev–Trinajstić information content (AvgIpc) is 3.11. The van der Waals surface area contributed by atoms with Gasteiger partial charge in [-0.2, -0.15) is 5.10 Å². The van der Waals surface area contributed by atoms with E-state index in [0.717, 1.165) is 31.7 Å². The zero-order valence-corrected chi connectivity index (χ0v) is 15.5. The molecule has 1 saturated heterocycles. The number of nitrogens with one attached hydrogen (secondary N) is 1. The summed E-state index contributed by atoms with van der Waals surface area (Å²) in [6.45, 7) is 5.27. The highest BCUT2D eigenvalue weighted by Gasteiger charge is 2.25. The van der Waals surface area contributed by atoms with Gasteiger partial charge in [0.05, 0.1) is 38.6 Å². The number of rotatable bonds is 6. The Balaban J connectivity index is 1.34. The van der Waals surface area contributed by atoms with Crippen molar-refractivity contribution in [2.24, 2.45) is 0 Å². The minimum Gasteiger partial charge on any atom is -0.379 e. The molecule has 144 valence electrons. The van der Waals surface area contributed by atoms with E-state index in [2.05, 4.69) is 28.5 Å². The first-order valence-electron chi connectivity index (χ1n) is 9.56. The quantitative estimate of drug-likeness (QED) is 0.821. The summed E-state index contributed by atoms with van der Waals surface area (Å²) in [4.78, 5) is 14.3. The predicted molar refractivity (Wildman–Crippen MR) is 100 cm³/mol. The molecule has 1 fully saturated rings. The van der Waals surface area contributed by atoms with Crippen molar-refractivity contribution >= 4 is 5.91 Å². The molecule has 0 saturated carbocycles. The summed E-state index contributed by atoms with van der Waals surface area (Å²) in [5, 5.41) is 7.74. The molecular weight excluding hydrogens is 344 g/mol. The second-order valence-corrected chi connectivity index (χ2v) is 7.02. The molecule has 0 spiro atoms. The van der Waals surface area contributed by atoms with Crippen molar-refractivity contribution < 1.29 is 14.3 Å². The molecule has 2 aliphatic rings. The van der Waals surface area contributed by atoms with Crippen LogP contribution in [0.5, 0.6) is 0 Å². The third-order valence-electron chi connectivity index (χ3n) is 5.01. The Bertz CT molecular complexity index is 756. The van der Waals surface area contributed by atoms with Gasteiger partial charge in [0.15, 0.2) is 0 Å². The fraction of sp³-hybridized carbons (Fsp3) is 0.500. The fourth-order valence-electron chi connectivity index (χ4n) is 3.56. The maximum Gasteiger partial charge on any atom is 0.234 e. The third-order valence-corrected chi connectivity index (χ3v) is 5.01. The number of morpholine rings is 1. The Morgan fingerprint density at radius 3 is 2.81 bits per heavy atom. The maximum absolute atomic E-state index is 12.2. The van der Waals surface area contributed by atoms with Gasteiger partial charge in [0, 0.05) is 25.8 Å². The SMILES string of the molecule is O=C(CN1CCOCC1)NC[C@H]1OCCc2cn(Cc3ccccc3)nc21. The van der Waals surface area contributed by atoms with Gasteiger partial charge in [-0.05, 0) is 17.5 Å². The monoisotopic (exact) mass is 370 g/mol. The van der Waals surface area contributed by atoms with Crippen LogP contribution in [0, 0.1) is 0 Å².